The highest BCUT2D eigenvalue weighted by molar-refractivity contribution is 7.93. The van der Waals surface area contributed by atoms with E-state index in [0.29, 0.717) is 11.7 Å². The van der Waals surface area contributed by atoms with Gasteiger partial charge in [-0.1, -0.05) is 19.1 Å². The second-order valence-corrected chi connectivity index (χ2v) is 7.62. The van der Waals surface area contributed by atoms with Crippen LogP contribution in [0.5, 0.6) is 0 Å². The Bertz CT molecular complexity index is 696. The first-order valence-electron chi connectivity index (χ1n) is 6.76. The highest BCUT2D eigenvalue weighted by Crippen LogP contribution is 2.21. The number of rotatable bonds is 7. The maximum atomic E-state index is 12.3. The first-order valence-corrected chi connectivity index (χ1v) is 9.06. The summed E-state index contributed by atoms with van der Waals surface area (Å²) in [5.41, 5.74) is 0.946. The Morgan fingerprint density at radius 2 is 2.14 bits per heavy atom. The second-order valence-electron chi connectivity index (χ2n) is 4.71. The maximum Gasteiger partial charge on any atom is 0.263 e. The van der Waals surface area contributed by atoms with Crippen molar-refractivity contribution in [3.8, 4) is 0 Å². The average molecular weight is 325 g/mol. The highest BCUT2D eigenvalue weighted by Gasteiger charge is 2.16. The molecule has 0 fully saturated rings. The van der Waals surface area contributed by atoms with Crippen LogP contribution in [-0.4, -0.2) is 19.9 Å². The summed E-state index contributed by atoms with van der Waals surface area (Å²) < 4.78 is 27.2. The number of thiazole rings is 1. The van der Waals surface area contributed by atoms with E-state index in [4.69, 9.17) is 0 Å². The molecule has 21 heavy (non-hydrogen) atoms. The molecule has 114 valence electrons. The Balaban J connectivity index is 2.14. The monoisotopic (exact) mass is 325 g/mol. The minimum Gasteiger partial charge on any atom is -0.313 e. The van der Waals surface area contributed by atoms with E-state index in [0.717, 1.165) is 23.4 Å². The predicted octanol–water partition coefficient (Wildman–Crippen LogP) is 2.75. The molecule has 0 radical (unpaired) electrons. The Labute approximate surface area is 129 Å². The second kappa shape index (κ2) is 7.02. The molecule has 1 aromatic carbocycles. The Morgan fingerprint density at radius 1 is 1.33 bits per heavy atom. The zero-order valence-electron chi connectivity index (χ0n) is 12.1. The molecule has 0 aliphatic carbocycles. The number of benzene rings is 1. The van der Waals surface area contributed by atoms with Crippen LogP contribution >= 0.6 is 11.3 Å². The first kappa shape index (κ1) is 15.9. The fraction of sp³-hybridized carbons (Fsp3) is 0.357. The SMILES string of the molecule is CCCNCc1cccc(S(=O)(=O)Nc2ncc(C)s2)c1. The van der Waals surface area contributed by atoms with E-state index in [2.05, 4.69) is 21.9 Å². The van der Waals surface area contributed by atoms with Crippen LogP contribution in [0.3, 0.4) is 0 Å². The lowest BCUT2D eigenvalue weighted by atomic mass is 10.2. The summed E-state index contributed by atoms with van der Waals surface area (Å²) >= 11 is 1.32. The summed E-state index contributed by atoms with van der Waals surface area (Å²) in [6.45, 7) is 5.55. The van der Waals surface area contributed by atoms with Crippen LogP contribution in [0, 0.1) is 6.92 Å². The minimum atomic E-state index is -3.58. The van der Waals surface area contributed by atoms with Crippen molar-refractivity contribution in [2.75, 3.05) is 11.3 Å². The van der Waals surface area contributed by atoms with Crippen LogP contribution in [0.15, 0.2) is 35.4 Å². The normalized spacial score (nSPS) is 11.5. The van der Waals surface area contributed by atoms with Gasteiger partial charge >= 0.3 is 0 Å². The molecule has 0 unspecified atom stereocenters. The largest absolute Gasteiger partial charge is 0.313 e. The number of nitrogens with one attached hydrogen (secondary N) is 2. The van der Waals surface area contributed by atoms with Crippen molar-refractivity contribution >= 4 is 26.5 Å². The number of sulfonamides is 1. The van der Waals surface area contributed by atoms with E-state index >= 15 is 0 Å². The quantitative estimate of drug-likeness (QED) is 0.768. The first-order chi connectivity index (χ1) is 10.0. The average Bonchev–Trinajstić information content (AvgIpc) is 2.84. The molecule has 2 rings (SSSR count). The third kappa shape index (κ3) is 4.52. The molecule has 7 heteroatoms. The topological polar surface area (TPSA) is 71.1 Å². The van der Waals surface area contributed by atoms with E-state index in [9.17, 15) is 8.42 Å². The molecule has 0 aliphatic heterocycles. The third-order valence-electron chi connectivity index (χ3n) is 2.81. The third-order valence-corrected chi connectivity index (χ3v) is 5.10. The van der Waals surface area contributed by atoms with E-state index in [-0.39, 0.29) is 4.90 Å². The van der Waals surface area contributed by atoms with Crippen molar-refractivity contribution in [1.29, 1.82) is 0 Å². The van der Waals surface area contributed by atoms with E-state index in [1.54, 1.807) is 24.4 Å². The van der Waals surface area contributed by atoms with Crippen LogP contribution < -0.4 is 10.0 Å². The number of hydrogen-bond acceptors (Lipinski definition) is 5. The van der Waals surface area contributed by atoms with Crippen LogP contribution in [-0.2, 0) is 16.6 Å². The van der Waals surface area contributed by atoms with Crippen molar-refractivity contribution in [2.24, 2.45) is 0 Å². The number of nitrogens with zero attached hydrogens (tertiary/aromatic N) is 1. The number of hydrogen-bond donors (Lipinski definition) is 2. The Kier molecular flexibility index (Phi) is 5.33. The summed E-state index contributed by atoms with van der Waals surface area (Å²) in [6, 6.07) is 6.94. The minimum absolute atomic E-state index is 0.256. The van der Waals surface area contributed by atoms with Crippen LogP contribution in [0.2, 0.25) is 0 Å². The summed E-state index contributed by atoms with van der Waals surface area (Å²) in [5.74, 6) is 0. The Morgan fingerprint density at radius 3 is 2.81 bits per heavy atom. The molecule has 0 aliphatic rings. The molecular formula is C14H19N3O2S2. The molecule has 1 aromatic heterocycles. The van der Waals surface area contributed by atoms with Gasteiger partial charge in [-0.25, -0.2) is 13.4 Å². The number of aryl methyl sites for hydroxylation is 1. The molecule has 0 saturated heterocycles. The van der Waals surface area contributed by atoms with Gasteiger partial charge in [-0.15, -0.1) is 11.3 Å². The molecule has 0 atom stereocenters. The highest BCUT2D eigenvalue weighted by atomic mass is 32.2. The zero-order chi connectivity index (χ0) is 15.3. The zero-order valence-corrected chi connectivity index (χ0v) is 13.7. The van der Waals surface area contributed by atoms with Gasteiger partial charge in [0.15, 0.2) is 5.13 Å². The molecular weight excluding hydrogens is 306 g/mol. The van der Waals surface area contributed by atoms with Crippen LogP contribution in [0.1, 0.15) is 23.8 Å². The molecule has 0 saturated carbocycles. The van der Waals surface area contributed by atoms with Crippen molar-refractivity contribution in [1.82, 2.24) is 10.3 Å². The Hall–Kier alpha value is -1.44. The van der Waals surface area contributed by atoms with Gasteiger partial charge in [0, 0.05) is 17.6 Å². The predicted molar refractivity (Wildman–Crippen MR) is 86.1 cm³/mol. The fourth-order valence-corrected chi connectivity index (χ4v) is 3.78. The van der Waals surface area contributed by atoms with Gasteiger partial charge < -0.3 is 5.32 Å². The van der Waals surface area contributed by atoms with E-state index < -0.39 is 10.0 Å². The molecule has 0 bridgehead atoms. The maximum absolute atomic E-state index is 12.3. The smallest absolute Gasteiger partial charge is 0.263 e. The van der Waals surface area contributed by atoms with Crippen LogP contribution in [0.4, 0.5) is 5.13 Å². The lowest BCUT2D eigenvalue weighted by Crippen LogP contribution is -2.16. The lowest BCUT2D eigenvalue weighted by Gasteiger charge is -2.08. The van der Waals surface area contributed by atoms with Gasteiger partial charge in [-0.2, -0.15) is 0 Å². The number of anilines is 1. The van der Waals surface area contributed by atoms with Crippen molar-refractivity contribution in [3.05, 3.63) is 40.9 Å². The van der Waals surface area contributed by atoms with Gasteiger partial charge in [0.25, 0.3) is 10.0 Å². The van der Waals surface area contributed by atoms with Gasteiger partial charge in [0.1, 0.15) is 0 Å². The number of aromatic nitrogens is 1. The van der Waals surface area contributed by atoms with Crippen molar-refractivity contribution in [3.63, 3.8) is 0 Å². The molecule has 0 spiro atoms. The van der Waals surface area contributed by atoms with Gasteiger partial charge in [-0.3, -0.25) is 4.72 Å². The lowest BCUT2D eigenvalue weighted by molar-refractivity contribution is 0.600. The van der Waals surface area contributed by atoms with Gasteiger partial charge in [0.05, 0.1) is 4.90 Å². The molecule has 1 heterocycles. The van der Waals surface area contributed by atoms with E-state index in [1.807, 2.05) is 13.0 Å². The van der Waals surface area contributed by atoms with Crippen molar-refractivity contribution in [2.45, 2.75) is 31.7 Å². The van der Waals surface area contributed by atoms with E-state index in [1.165, 1.54) is 11.3 Å². The summed E-state index contributed by atoms with van der Waals surface area (Å²) in [4.78, 5) is 5.24. The molecule has 2 aromatic rings. The molecule has 5 nitrogen and oxygen atoms in total. The summed E-state index contributed by atoms with van der Waals surface area (Å²) in [6.07, 6.45) is 2.69. The summed E-state index contributed by atoms with van der Waals surface area (Å²) in [7, 11) is -3.58. The fourth-order valence-electron chi connectivity index (χ4n) is 1.81. The summed E-state index contributed by atoms with van der Waals surface area (Å²) in [5, 5.41) is 3.65. The van der Waals surface area contributed by atoms with Gasteiger partial charge in [-0.05, 0) is 37.6 Å². The molecule has 0 amide bonds. The van der Waals surface area contributed by atoms with Crippen molar-refractivity contribution < 1.29 is 8.42 Å². The standard InChI is InChI=1S/C14H19N3O2S2/c1-3-7-15-10-12-5-4-6-13(8-12)21(18,19)17-14-16-9-11(2)20-14/h4-6,8-9,15H,3,7,10H2,1-2H3,(H,16,17). The molecule has 2 N–H and O–H groups in total. The van der Waals surface area contributed by atoms with Gasteiger partial charge in [0.2, 0.25) is 0 Å². The van der Waals surface area contributed by atoms with Crippen LogP contribution in [0.25, 0.3) is 0 Å².